The summed E-state index contributed by atoms with van der Waals surface area (Å²) in [4.78, 5) is 19.9. The van der Waals surface area contributed by atoms with Gasteiger partial charge < -0.3 is 10.2 Å². The van der Waals surface area contributed by atoms with Crippen molar-refractivity contribution >= 4 is 29.0 Å². The van der Waals surface area contributed by atoms with E-state index in [1.54, 1.807) is 0 Å². The number of benzene rings is 3. The van der Waals surface area contributed by atoms with E-state index in [2.05, 4.69) is 35.6 Å². The third kappa shape index (κ3) is 4.96. The highest BCUT2D eigenvalue weighted by Crippen LogP contribution is 2.35. The molecule has 1 N–H and O–H groups in total. The van der Waals surface area contributed by atoms with E-state index in [0.29, 0.717) is 18.8 Å². The topological polar surface area (TPSA) is 44.7 Å². The Labute approximate surface area is 200 Å². The summed E-state index contributed by atoms with van der Waals surface area (Å²) in [6.45, 7) is 2.29. The van der Waals surface area contributed by atoms with Crippen molar-refractivity contribution in [2.45, 2.75) is 24.6 Å². The van der Waals surface area contributed by atoms with Crippen molar-refractivity contribution in [3.63, 3.8) is 0 Å². The molecule has 1 saturated heterocycles. The molecule has 2 heterocycles. The van der Waals surface area contributed by atoms with E-state index in [1.165, 1.54) is 0 Å². The van der Waals surface area contributed by atoms with Gasteiger partial charge in [-0.15, -0.1) is 11.6 Å². The van der Waals surface area contributed by atoms with Crippen molar-refractivity contribution in [2.75, 3.05) is 25.0 Å². The van der Waals surface area contributed by atoms with Crippen LogP contribution in [0.1, 0.15) is 29.3 Å². The highest BCUT2D eigenvalue weighted by atomic mass is 35.5. The fourth-order valence-electron chi connectivity index (χ4n) is 4.77. The van der Waals surface area contributed by atoms with Crippen LogP contribution in [0, 0.1) is 5.92 Å². The lowest BCUT2D eigenvalue weighted by molar-refractivity contribution is -0.129. The lowest BCUT2D eigenvalue weighted by Gasteiger charge is -2.24. The first kappa shape index (κ1) is 21.7. The van der Waals surface area contributed by atoms with Gasteiger partial charge in [0.25, 0.3) is 0 Å². The number of halogens is 1. The van der Waals surface area contributed by atoms with Gasteiger partial charge in [-0.2, -0.15) is 0 Å². The van der Waals surface area contributed by atoms with Crippen LogP contribution in [0.3, 0.4) is 0 Å². The molecule has 0 saturated carbocycles. The molecular weight excluding hydrogens is 430 g/mol. The van der Waals surface area contributed by atoms with Crippen LogP contribution < -0.4 is 5.32 Å². The number of hydrogen-bond donors (Lipinski definition) is 1. The van der Waals surface area contributed by atoms with E-state index in [-0.39, 0.29) is 11.3 Å². The summed E-state index contributed by atoms with van der Waals surface area (Å²) in [6, 6.07) is 26.6. The van der Waals surface area contributed by atoms with Crippen LogP contribution in [0.2, 0.25) is 0 Å². The summed E-state index contributed by atoms with van der Waals surface area (Å²) in [7, 11) is 0. The number of carbonyl (C=O) groups is 1. The predicted molar refractivity (Wildman–Crippen MR) is 136 cm³/mol. The zero-order valence-corrected chi connectivity index (χ0v) is 19.3. The van der Waals surface area contributed by atoms with Gasteiger partial charge in [0.2, 0.25) is 5.91 Å². The first-order valence-electron chi connectivity index (χ1n) is 11.6. The van der Waals surface area contributed by atoms with Gasteiger partial charge in [0.05, 0.1) is 11.8 Å². The lowest BCUT2D eigenvalue weighted by Crippen LogP contribution is -2.30. The molecule has 0 aromatic heterocycles. The van der Waals surface area contributed by atoms with Gasteiger partial charge in [0, 0.05) is 31.7 Å². The smallest absolute Gasteiger partial charge is 0.227 e. The molecule has 2 atom stereocenters. The highest BCUT2D eigenvalue weighted by Gasteiger charge is 2.27. The summed E-state index contributed by atoms with van der Waals surface area (Å²) < 4.78 is 0. The van der Waals surface area contributed by atoms with Crippen molar-refractivity contribution in [3.05, 3.63) is 90.0 Å². The minimum Gasteiger partial charge on any atom is -0.344 e. The number of likely N-dealkylation sites (tertiary alicyclic amines) is 1. The van der Waals surface area contributed by atoms with Crippen molar-refractivity contribution < 1.29 is 4.79 Å². The third-order valence-corrected chi connectivity index (χ3v) is 6.96. The van der Waals surface area contributed by atoms with Gasteiger partial charge in [-0.3, -0.25) is 9.79 Å². The Balaban J connectivity index is 1.19. The van der Waals surface area contributed by atoms with Crippen molar-refractivity contribution in [1.29, 1.82) is 0 Å². The molecule has 0 radical (unpaired) electrons. The predicted octanol–water partition coefficient (Wildman–Crippen LogP) is 5.94. The van der Waals surface area contributed by atoms with Gasteiger partial charge in [-0.25, -0.2) is 0 Å². The Morgan fingerprint density at radius 3 is 2.64 bits per heavy atom. The minimum absolute atomic E-state index is 0.0486. The van der Waals surface area contributed by atoms with E-state index in [1.807, 2.05) is 53.4 Å². The number of amidine groups is 1. The molecule has 1 amide bonds. The fourth-order valence-corrected chi connectivity index (χ4v) is 5.11. The molecule has 2 aliphatic rings. The van der Waals surface area contributed by atoms with Crippen LogP contribution in [0.5, 0.6) is 0 Å². The summed E-state index contributed by atoms with van der Waals surface area (Å²) in [5, 5.41) is 3.38. The van der Waals surface area contributed by atoms with Crippen molar-refractivity contribution in [1.82, 2.24) is 4.90 Å². The Kier molecular flexibility index (Phi) is 6.45. The molecule has 0 aliphatic carbocycles. The van der Waals surface area contributed by atoms with Crippen LogP contribution >= 0.6 is 11.6 Å². The largest absolute Gasteiger partial charge is 0.344 e. The summed E-state index contributed by atoms with van der Waals surface area (Å²) in [5.74, 6) is 1.52. The first-order chi connectivity index (χ1) is 16.2. The first-order valence-corrected chi connectivity index (χ1v) is 12.1. The molecule has 5 rings (SSSR count). The Morgan fingerprint density at radius 1 is 1.00 bits per heavy atom. The molecule has 33 heavy (non-hydrogen) atoms. The monoisotopic (exact) mass is 457 g/mol. The van der Waals surface area contributed by atoms with E-state index in [0.717, 1.165) is 59.8 Å². The van der Waals surface area contributed by atoms with Crippen molar-refractivity contribution in [2.24, 2.45) is 10.9 Å². The van der Waals surface area contributed by atoms with Gasteiger partial charge >= 0.3 is 0 Å². The van der Waals surface area contributed by atoms with Gasteiger partial charge in [-0.05, 0) is 40.7 Å². The molecule has 3 aromatic rings. The number of carbonyl (C=O) groups excluding carboxylic acids is 1. The summed E-state index contributed by atoms with van der Waals surface area (Å²) in [6.07, 6.45) is 2.13. The maximum Gasteiger partial charge on any atom is 0.227 e. The standard InChI is InChI=1S/C28H28ClN3O/c29-25-17-27(31-26-13-7-6-12-24(25)26)30-18-20-14-15-32(19-20)28(33)16-22-10-4-5-11-23(22)21-8-2-1-3-9-21/h1-13,20,25H,14-19H2,(H,30,31). The fraction of sp³-hybridized carbons (Fsp3) is 0.286. The zero-order valence-electron chi connectivity index (χ0n) is 18.6. The second-order valence-electron chi connectivity index (χ2n) is 8.87. The molecule has 3 aromatic carbocycles. The van der Waals surface area contributed by atoms with Crippen LogP contribution in [0.4, 0.5) is 5.69 Å². The average molecular weight is 458 g/mol. The number of alkyl halides is 1. The minimum atomic E-state index is -0.0486. The molecule has 168 valence electrons. The number of aliphatic imine (C=N–C) groups is 1. The Bertz CT molecular complexity index is 1160. The second kappa shape index (κ2) is 9.80. The van der Waals surface area contributed by atoms with E-state index in [4.69, 9.17) is 16.6 Å². The number of nitrogens with zero attached hydrogens (tertiary/aromatic N) is 2. The molecule has 1 fully saturated rings. The van der Waals surface area contributed by atoms with E-state index in [9.17, 15) is 4.79 Å². The van der Waals surface area contributed by atoms with Crippen molar-refractivity contribution in [3.8, 4) is 11.1 Å². The van der Waals surface area contributed by atoms with Crippen LogP contribution in [0.25, 0.3) is 11.1 Å². The number of fused-ring (bicyclic) bond motifs is 1. The molecule has 0 spiro atoms. The van der Waals surface area contributed by atoms with E-state index >= 15 is 0 Å². The molecule has 2 unspecified atom stereocenters. The SMILES string of the molecule is O=C(Cc1ccccc1-c1ccccc1)N1CCC(CN=C2CC(Cl)c3ccccc3N2)C1. The Hall–Kier alpha value is -3.11. The number of hydrogen-bond acceptors (Lipinski definition) is 2. The highest BCUT2D eigenvalue weighted by molar-refractivity contribution is 6.24. The normalized spacial score (nSPS) is 21.0. The Morgan fingerprint density at radius 2 is 1.76 bits per heavy atom. The van der Waals surface area contributed by atoms with Crippen LogP contribution in [-0.2, 0) is 11.2 Å². The number of nitrogens with one attached hydrogen (secondary N) is 1. The van der Waals surface area contributed by atoms with Gasteiger partial charge in [-0.1, -0.05) is 72.8 Å². The lowest BCUT2D eigenvalue weighted by atomic mass is 9.97. The molecule has 4 nitrogen and oxygen atoms in total. The number of anilines is 1. The third-order valence-electron chi connectivity index (χ3n) is 6.57. The maximum atomic E-state index is 13.1. The summed E-state index contributed by atoms with van der Waals surface area (Å²) in [5.41, 5.74) is 5.54. The van der Waals surface area contributed by atoms with Crippen LogP contribution in [-0.4, -0.2) is 36.3 Å². The number of para-hydroxylation sites is 1. The van der Waals surface area contributed by atoms with Crippen LogP contribution in [0.15, 0.2) is 83.9 Å². The number of rotatable bonds is 5. The number of amides is 1. The molecular formula is C28H28ClN3O. The van der Waals surface area contributed by atoms with E-state index < -0.39 is 0 Å². The zero-order chi connectivity index (χ0) is 22.6. The quantitative estimate of drug-likeness (QED) is 0.482. The van der Waals surface area contributed by atoms with Gasteiger partial charge in [0.1, 0.15) is 5.84 Å². The summed E-state index contributed by atoms with van der Waals surface area (Å²) >= 11 is 6.56. The molecule has 0 bridgehead atoms. The second-order valence-corrected chi connectivity index (χ2v) is 9.39. The van der Waals surface area contributed by atoms with Gasteiger partial charge in [0.15, 0.2) is 0 Å². The molecule has 5 heteroatoms. The average Bonchev–Trinajstić information content (AvgIpc) is 3.33. The maximum absolute atomic E-state index is 13.1. The molecule has 2 aliphatic heterocycles.